The third-order valence-corrected chi connectivity index (χ3v) is 3.65. The maximum atomic E-state index is 13.3. The van der Waals surface area contributed by atoms with Crippen LogP contribution in [0.5, 0.6) is 0 Å². The summed E-state index contributed by atoms with van der Waals surface area (Å²) in [5, 5.41) is 12.6. The number of rotatable bonds is 2. The van der Waals surface area contributed by atoms with Gasteiger partial charge in [0.1, 0.15) is 22.5 Å². The largest absolute Gasteiger partial charge is 0.345 e. The van der Waals surface area contributed by atoms with Crippen molar-refractivity contribution in [2.24, 2.45) is 0 Å². The summed E-state index contributed by atoms with van der Waals surface area (Å²) in [6.45, 7) is 1.77. The van der Waals surface area contributed by atoms with Crippen LogP contribution in [0.25, 0.3) is 0 Å². The predicted molar refractivity (Wildman–Crippen MR) is 68.9 cm³/mol. The fourth-order valence-electron chi connectivity index (χ4n) is 1.29. The van der Waals surface area contributed by atoms with E-state index < -0.39 is 0 Å². The minimum atomic E-state index is -0.352. The molecule has 86 valence electrons. The first kappa shape index (κ1) is 12.0. The summed E-state index contributed by atoms with van der Waals surface area (Å²) >= 11 is 4.27. The lowest BCUT2D eigenvalue weighted by Crippen LogP contribution is -1.91. The van der Waals surface area contributed by atoms with Crippen LogP contribution in [0, 0.1) is 24.1 Å². The lowest BCUT2D eigenvalue weighted by molar-refractivity contribution is 0.622. The Balaban J connectivity index is 2.32. The van der Waals surface area contributed by atoms with E-state index in [4.69, 9.17) is 5.26 Å². The molecule has 0 saturated heterocycles. The Morgan fingerprint density at radius 3 is 2.94 bits per heavy atom. The fourth-order valence-corrected chi connectivity index (χ4v) is 2.31. The van der Waals surface area contributed by atoms with Crippen molar-refractivity contribution in [1.29, 1.82) is 5.26 Å². The molecule has 2 rings (SSSR count). The van der Waals surface area contributed by atoms with Crippen molar-refractivity contribution in [2.75, 3.05) is 5.32 Å². The molecule has 0 unspecified atom stereocenters. The fraction of sp³-hybridized carbons (Fsp3) is 0.0909. The second kappa shape index (κ2) is 4.82. The third kappa shape index (κ3) is 2.46. The first-order valence-electron chi connectivity index (χ1n) is 4.70. The summed E-state index contributed by atoms with van der Waals surface area (Å²) in [5.41, 5.74) is 1.77. The normalized spacial score (nSPS) is 10.0. The van der Waals surface area contributed by atoms with Crippen LogP contribution >= 0.6 is 27.5 Å². The molecule has 0 spiro atoms. The summed E-state index contributed by atoms with van der Waals surface area (Å²) < 4.78 is 17.8. The lowest BCUT2D eigenvalue weighted by atomic mass is 10.2. The Bertz CT molecular complexity index is 603. The Morgan fingerprint density at radius 2 is 2.29 bits per heavy atom. The van der Waals surface area contributed by atoms with E-state index in [1.165, 1.54) is 17.6 Å². The van der Waals surface area contributed by atoms with Gasteiger partial charge in [0.2, 0.25) is 0 Å². The first-order chi connectivity index (χ1) is 8.11. The molecule has 0 aliphatic heterocycles. The van der Waals surface area contributed by atoms with E-state index in [0.29, 0.717) is 26.4 Å². The van der Waals surface area contributed by atoms with Gasteiger partial charge in [-0.1, -0.05) is 0 Å². The average Bonchev–Trinajstić information content (AvgIpc) is 2.64. The van der Waals surface area contributed by atoms with Gasteiger partial charge in [-0.2, -0.15) is 9.64 Å². The van der Waals surface area contributed by atoms with Crippen molar-refractivity contribution in [3.05, 3.63) is 39.7 Å². The van der Waals surface area contributed by atoms with Crippen molar-refractivity contribution < 1.29 is 4.39 Å². The summed E-state index contributed by atoms with van der Waals surface area (Å²) in [6, 6.07) is 6.77. The molecule has 1 aromatic heterocycles. The number of aromatic nitrogens is 1. The molecule has 0 amide bonds. The number of nitrogens with zero attached hydrogens (tertiary/aromatic N) is 2. The maximum Gasteiger partial charge on any atom is 0.139 e. The molecule has 2 aromatic rings. The molecule has 17 heavy (non-hydrogen) atoms. The number of nitriles is 1. The first-order valence-corrected chi connectivity index (χ1v) is 6.27. The molecule has 1 heterocycles. The zero-order valence-corrected chi connectivity index (χ0v) is 11.2. The third-order valence-electron chi connectivity index (χ3n) is 2.15. The Kier molecular flexibility index (Phi) is 3.41. The zero-order valence-electron chi connectivity index (χ0n) is 8.79. The van der Waals surface area contributed by atoms with Gasteiger partial charge in [-0.25, -0.2) is 4.39 Å². The molecular weight excluding hydrogens is 305 g/mol. The van der Waals surface area contributed by atoms with Crippen molar-refractivity contribution in [2.45, 2.75) is 6.92 Å². The summed E-state index contributed by atoms with van der Waals surface area (Å²) in [5.74, 6) is -0.352. The molecule has 0 radical (unpaired) electrons. The second-order valence-corrected chi connectivity index (χ2v) is 4.97. The molecule has 1 aromatic carbocycles. The minimum Gasteiger partial charge on any atom is -0.345 e. The van der Waals surface area contributed by atoms with Gasteiger partial charge in [0.05, 0.1) is 10.2 Å². The quantitative estimate of drug-likeness (QED) is 0.913. The van der Waals surface area contributed by atoms with Crippen LogP contribution in [0.2, 0.25) is 0 Å². The van der Waals surface area contributed by atoms with E-state index in [9.17, 15) is 4.39 Å². The van der Waals surface area contributed by atoms with Crippen LogP contribution in [-0.2, 0) is 0 Å². The van der Waals surface area contributed by atoms with Gasteiger partial charge in [-0.05, 0) is 52.6 Å². The van der Waals surface area contributed by atoms with Crippen LogP contribution in [0.4, 0.5) is 15.1 Å². The van der Waals surface area contributed by atoms with E-state index in [2.05, 4.69) is 31.7 Å². The molecule has 1 N–H and O–H groups in total. The molecule has 0 saturated carbocycles. The predicted octanol–water partition coefficient (Wildman–Crippen LogP) is 3.97. The number of anilines is 2. The molecule has 0 bridgehead atoms. The van der Waals surface area contributed by atoms with Crippen molar-refractivity contribution >= 4 is 38.2 Å². The Labute approximate surface area is 110 Å². The second-order valence-electron chi connectivity index (χ2n) is 3.34. The van der Waals surface area contributed by atoms with Crippen molar-refractivity contribution in [3.63, 3.8) is 0 Å². The highest BCUT2D eigenvalue weighted by atomic mass is 79.9. The van der Waals surface area contributed by atoms with Crippen molar-refractivity contribution in [3.8, 4) is 6.07 Å². The average molecular weight is 312 g/mol. The van der Waals surface area contributed by atoms with E-state index in [1.807, 2.05) is 0 Å². The number of hydrogen-bond acceptors (Lipinski definition) is 4. The van der Waals surface area contributed by atoms with Gasteiger partial charge in [0, 0.05) is 5.69 Å². The van der Waals surface area contributed by atoms with Crippen LogP contribution in [0.1, 0.15) is 11.3 Å². The smallest absolute Gasteiger partial charge is 0.139 e. The topological polar surface area (TPSA) is 48.7 Å². The highest BCUT2D eigenvalue weighted by Gasteiger charge is 2.10. The number of nitrogens with one attached hydrogen (secondary N) is 1. The van der Waals surface area contributed by atoms with E-state index >= 15 is 0 Å². The van der Waals surface area contributed by atoms with E-state index in [1.54, 1.807) is 19.1 Å². The van der Waals surface area contributed by atoms with Gasteiger partial charge in [-0.3, -0.25) is 0 Å². The number of benzene rings is 1. The van der Waals surface area contributed by atoms with Crippen LogP contribution in [-0.4, -0.2) is 4.37 Å². The molecule has 0 fully saturated rings. The number of hydrogen-bond donors (Lipinski definition) is 1. The Morgan fingerprint density at radius 1 is 1.53 bits per heavy atom. The van der Waals surface area contributed by atoms with Gasteiger partial charge in [0.15, 0.2) is 0 Å². The summed E-state index contributed by atoms with van der Waals surface area (Å²) in [7, 11) is 0. The van der Waals surface area contributed by atoms with E-state index in [0.717, 1.165) is 0 Å². The number of aryl methyl sites for hydroxylation is 1. The molecule has 0 aliphatic carbocycles. The number of halogens is 2. The van der Waals surface area contributed by atoms with Gasteiger partial charge >= 0.3 is 0 Å². The SMILES string of the molecule is Cc1nsc(Nc2ccc(Br)c(F)c2)c1C#N. The lowest BCUT2D eigenvalue weighted by Gasteiger charge is -2.04. The zero-order chi connectivity index (χ0) is 12.4. The minimum absolute atomic E-state index is 0.352. The standard InChI is InChI=1S/C11H7BrFN3S/c1-6-8(5-14)11(17-16-6)15-7-2-3-9(12)10(13)4-7/h2-4,15H,1H3. The molecular formula is C11H7BrFN3S. The molecule has 0 atom stereocenters. The van der Waals surface area contributed by atoms with Gasteiger partial charge < -0.3 is 5.32 Å². The van der Waals surface area contributed by atoms with E-state index in [-0.39, 0.29) is 5.82 Å². The van der Waals surface area contributed by atoms with Crippen LogP contribution < -0.4 is 5.32 Å². The Hall–Kier alpha value is -1.45. The molecule has 0 aliphatic rings. The van der Waals surface area contributed by atoms with Crippen LogP contribution in [0.15, 0.2) is 22.7 Å². The molecule has 6 heteroatoms. The highest BCUT2D eigenvalue weighted by molar-refractivity contribution is 9.10. The summed E-state index contributed by atoms with van der Waals surface area (Å²) in [4.78, 5) is 0. The van der Waals surface area contributed by atoms with Gasteiger partial charge in [-0.15, -0.1) is 0 Å². The highest BCUT2D eigenvalue weighted by Crippen LogP contribution is 2.28. The van der Waals surface area contributed by atoms with Crippen molar-refractivity contribution in [1.82, 2.24) is 4.37 Å². The van der Waals surface area contributed by atoms with Crippen LogP contribution in [0.3, 0.4) is 0 Å². The van der Waals surface area contributed by atoms with Gasteiger partial charge in [0.25, 0.3) is 0 Å². The molecule has 3 nitrogen and oxygen atoms in total. The monoisotopic (exact) mass is 311 g/mol. The maximum absolute atomic E-state index is 13.3. The summed E-state index contributed by atoms with van der Waals surface area (Å²) in [6.07, 6.45) is 0.